The highest BCUT2D eigenvalue weighted by Gasteiger charge is 2.12. The van der Waals surface area contributed by atoms with E-state index in [1.807, 2.05) is 17.5 Å². The van der Waals surface area contributed by atoms with Gasteiger partial charge in [0, 0.05) is 11.1 Å². The fourth-order valence-electron chi connectivity index (χ4n) is 2.32. The Labute approximate surface area is 153 Å². The van der Waals surface area contributed by atoms with E-state index < -0.39 is 9.84 Å². The lowest BCUT2D eigenvalue weighted by molar-refractivity contribution is -0.117. The molecular weight excluding hydrogens is 376 g/mol. The van der Waals surface area contributed by atoms with Crippen LogP contribution < -0.4 is 4.80 Å². The van der Waals surface area contributed by atoms with E-state index in [1.165, 1.54) is 28.7 Å². The zero-order valence-corrected chi connectivity index (χ0v) is 15.7. The standard InChI is InChI=1S/C17H14N2O3S3/c1-3-8-19-14-7-6-13(25(2,21)22)11-15(14)24-17(19)18-16(20)10-12-5-4-9-23-12/h1,4-7,9,11H,8,10H2,2H3. The van der Waals surface area contributed by atoms with Gasteiger partial charge in [0.15, 0.2) is 14.6 Å². The number of rotatable bonds is 4. The lowest BCUT2D eigenvalue weighted by Gasteiger charge is -2.01. The first kappa shape index (κ1) is 17.6. The number of nitrogens with zero attached hydrogens (tertiary/aromatic N) is 2. The van der Waals surface area contributed by atoms with Crippen LogP contribution in [0.4, 0.5) is 0 Å². The van der Waals surface area contributed by atoms with Crippen molar-refractivity contribution < 1.29 is 13.2 Å². The van der Waals surface area contributed by atoms with Crippen molar-refractivity contribution in [3.8, 4) is 12.3 Å². The van der Waals surface area contributed by atoms with Crippen LogP contribution in [-0.2, 0) is 27.6 Å². The van der Waals surface area contributed by atoms with Gasteiger partial charge < -0.3 is 4.57 Å². The number of terminal acetylenes is 1. The highest BCUT2D eigenvalue weighted by atomic mass is 32.2. The van der Waals surface area contributed by atoms with E-state index in [0.717, 1.165) is 21.3 Å². The van der Waals surface area contributed by atoms with Gasteiger partial charge in [0.2, 0.25) is 0 Å². The minimum absolute atomic E-state index is 0.227. The summed E-state index contributed by atoms with van der Waals surface area (Å²) in [7, 11) is -3.31. The summed E-state index contributed by atoms with van der Waals surface area (Å²) in [6, 6.07) is 8.59. The summed E-state index contributed by atoms with van der Waals surface area (Å²) in [4.78, 5) is 18.1. The Bertz CT molecular complexity index is 1140. The zero-order valence-electron chi connectivity index (χ0n) is 13.3. The summed E-state index contributed by atoms with van der Waals surface area (Å²) in [6.07, 6.45) is 6.82. The van der Waals surface area contributed by atoms with Gasteiger partial charge in [-0.3, -0.25) is 4.79 Å². The highest BCUT2D eigenvalue weighted by molar-refractivity contribution is 7.90. The third-order valence-electron chi connectivity index (χ3n) is 3.46. The monoisotopic (exact) mass is 390 g/mol. The maximum atomic E-state index is 12.2. The molecule has 0 radical (unpaired) electrons. The first-order valence-corrected chi connectivity index (χ1v) is 10.8. The molecule has 0 N–H and O–H groups in total. The number of carbonyl (C=O) groups is 1. The van der Waals surface area contributed by atoms with E-state index in [9.17, 15) is 13.2 Å². The number of benzene rings is 1. The van der Waals surface area contributed by atoms with Crippen molar-refractivity contribution in [1.82, 2.24) is 4.57 Å². The first-order chi connectivity index (χ1) is 11.9. The maximum Gasteiger partial charge on any atom is 0.253 e. The second kappa shape index (κ2) is 6.96. The molecule has 0 spiro atoms. The van der Waals surface area contributed by atoms with Crippen molar-refractivity contribution in [3.05, 3.63) is 45.4 Å². The van der Waals surface area contributed by atoms with Crippen LogP contribution in [-0.4, -0.2) is 25.1 Å². The molecule has 0 unspecified atom stereocenters. The predicted octanol–water partition coefficient (Wildman–Crippen LogP) is 2.47. The van der Waals surface area contributed by atoms with Crippen molar-refractivity contribution in [3.63, 3.8) is 0 Å². The highest BCUT2D eigenvalue weighted by Crippen LogP contribution is 2.22. The number of thiazole rings is 1. The third-order valence-corrected chi connectivity index (χ3v) is 6.49. The molecule has 8 heteroatoms. The molecule has 2 heterocycles. The summed E-state index contributed by atoms with van der Waals surface area (Å²) in [5.41, 5.74) is 0.762. The number of carbonyl (C=O) groups excluding carboxylic acids is 1. The molecular formula is C17H14N2O3S3. The lowest BCUT2D eigenvalue weighted by atomic mass is 10.3. The summed E-state index contributed by atoms with van der Waals surface area (Å²) in [6.45, 7) is 0.253. The quantitative estimate of drug-likeness (QED) is 0.643. The largest absolute Gasteiger partial charge is 0.305 e. The number of fused-ring (bicyclic) bond motifs is 1. The van der Waals surface area contributed by atoms with E-state index in [4.69, 9.17) is 6.42 Å². The van der Waals surface area contributed by atoms with Crippen molar-refractivity contribution in [1.29, 1.82) is 0 Å². The van der Waals surface area contributed by atoms with Crippen molar-refractivity contribution in [2.24, 2.45) is 4.99 Å². The maximum absolute atomic E-state index is 12.2. The van der Waals surface area contributed by atoms with Crippen LogP contribution in [0.3, 0.4) is 0 Å². The molecule has 1 amide bonds. The van der Waals surface area contributed by atoms with Gasteiger partial charge in [0.25, 0.3) is 5.91 Å². The Hall–Kier alpha value is -2.21. The molecule has 0 fully saturated rings. The molecule has 0 saturated heterocycles. The van der Waals surface area contributed by atoms with Gasteiger partial charge in [0.05, 0.1) is 28.1 Å². The van der Waals surface area contributed by atoms with Crippen molar-refractivity contribution in [2.75, 3.05) is 6.26 Å². The van der Waals surface area contributed by atoms with Gasteiger partial charge in [0.1, 0.15) is 0 Å². The fraction of sp³-hybridized carbons (Fsp3) is 0.176. The SMILES string of the molecule is C#CCn1c(=NC(=O)Cc2cccs2)sc2cc(S(C)(=O)=O)ccc21. The summed E-state index contributed by atoms with van der Waals surface area (Å²) >= 11 is 2.76. The van der Waals surface area contributed by atoms with E-state index in [2.05, 4.69) is 10.9 Å². The molecule has 0 aliphatic heterocycles. The molecule has 3 aromatic rings. The van der Waals surface area contributed by atoms with Crippen LogP contribution in [0.2, 0.25) is 0 Å². The molecule has 0 aliphatic rings. The van der Waals surface area contributed by atoms with Gasteiger partial charge in [-0.15, -0.1) is 17.8 Å². The van der Waals surface area contributed by atoms with Crippen LogP contribution in [0.15, 0.2) is 45.6 Å². The Morgan fingerprint density at radius 3 is 2.80 bits per heavy atom. The molecule has 0 aliphatic carbocycles. The summed E-state index contributed by atoms with van der Waals surface area (Å²) in [5.74, 6) is 2.29. The van der Waals surface area contributed by atoms with Gasteiger partial charge in [-0.2, -0.15) is 4.99 Å². The molecule has 1 aromatic carbocycles. The van der Waals surface area contributed by atoms with Gasteiger partial charge >= 0.3 is 0 Å². The topological polar surface area (TPSA) is 68.5 Å². The number of hydrogen-bond acceptors (Lipinski definition) is 5. The first-order valence-electron chi connectivity index (χ1n) is 7.25. The Kier molecular flexibility index (Phi) is 4.90. The molecule has 25 heavy (non-hydrogen) atoms. The Balaban J connectivity index is 2.10. The third kappa shape index (κ3) is 3.90. The number of sulfone groups is 1. The predicted molar refractivity (Wildman–Crippen MR) is 100 cm³/mol. The second-order valence-corrected chi connectivity index (χ2v) is 9.40. The minimum atomic E-state index is -3.31. The average Bonchev–Trinajstić information content (AvgIpc) is 3.15. The molecule has 0 bridgehead atoms. The molecule has 128 valence electrons. The lowest BCUT2D eigenvalue weighted by Crippen LogP contribution is -2.17. The summed E-state index contributed by atoms with van der Waals surface area (Å²) in [5, 5.41) is 1.91. The normalized spacial score (nSPS) is 12.4. The molecule has 5 nitrogen and oxygen atoms in total. The van der Waals surface area contributed by atoms with Crippen LogP contribution >= 0.6 is 22.7 Å². The van der Waals surface area contributed by atoms with Crippen molar-refractivity contribution >= 4 is 48.6 Å². The van der Waals surface area contributed by atoms with E-state index in [-0.39, 0.29) is 23.8 Å². The van der Waals surface area contributed by atoms with Gasteiger partial charge in [-0.1, -0.05) is 23.3 Å². The fourth-order valence-corrected chi connectivity index (χ4v) is 4.83. The number of thiophene rings is 1. The number of hydrogen-bond donors (Lipinski definition) is 0. The van der Waals surface area contributed by atoms with Gasteiger partial charge in [-0.05, 0) is 29.6 Å². The van der Waals surface area contributed by atoms with E-state index in [1.54, 1.807) is 16.7 Å². The van der Waals surface area contributed by atoms with Crippen LogP contribution in [0.5, 0.6) is 0 Å². The van der Waals surface area contributed by atoms with Crippen LogP contribution in [0.25, 0.3) is 10.2 Å². The average molecular weight is 391 g/mol. The Morgan fingerprint density at radius 1 is 1.36 bits per heavy atom. The van der Waals surface area contributed by atoms with E-state index in [0.29, 0.717) is 4.80 Å². The van der Waals surface area contributed by atoms with Gasteiger partial charge in [-0.25, -0.2) is 8.42 Å². The second-order valence-electron chi connectivity index (χ2n) is 5.34. The molecule has 0 saturated carbocycles. The minimum Gasteiger partial charge on any atom is -0.305 e. The molecule has 0 atom stereocenters. The van der Waals surface area contributed by atoms with Crippen molar-refractivity contribution in [2.45, 2.75) is 17.9 Å². The molecule has 2 aromatic heterocycles. The number of aromatic nitrogens is 1. The summed E-state index contributed by atoms with van der Waals surface area (Å²) < 4.78 is 25.9. The Morgan fingerprint density at radius 2 is 2.16 bits per heavy atom. The van der Waals surface area contributed by atoms with Crippen LogP contribution in [0, 0.1) is 12.3 Å². The smallest absolute Gasteiger partial charge is 0.253 e. The van der Waals surface area contributed by atoms with E-state index >= 15 is 0 Å². The number of amides is 1. The molecule has 3 rings (SSSR count). The van der Waals surface area contributed by atoms with Crippen LogP contribution in [0.1, 0.15) is 4.88 Å². The zero-order chi connectivity index (χ0) is 18.0.